The van der Waals surface area contributed by atoms with Crippen LogP contribution < -0.4 is 10.5 Å². The third kappa shape index (κ3) is 4.12. The van der Waals surface area contributed by atoms with E-state index >= 15 is 0 Å². The number of nitrogens with two attached hydrogens (primary N) is 1. The zero-order chi connectivity index (χ0) is 21.3. The van der Waals surface area contributed by atoms with Gasteiger partial charge in [0.1, 0.15) is 11.4 Å². The fourth-order valence-corrected chi connectivity index (χ4v) is 2.93. The Bertz CT molecular complexity index is 1090. The Labute approximate surface area is 169 Å². The standard InChI is InChI=1S/C20H16F3N5O2/c1-28-19(29-18(27-28)12-6-3-2-4-7-12)16-17(24)25-11-15(26-16)13-8-5-9-14(10-13)30-20(21,22)23/h2-11,19H,1H3,(H2,24,25). The number of ether oxygens (including phenoxy) is 2. The predicted molar refractivity (Wildman–Crippen MR) is 103 cm³/mol. The van der Waals surface area contributed by atoms with Gasteiger partial charge in [0.25, 0.3) is 0 Å². The van der Waals surface area contributed by atoms with Gasteiger partial charge in [-0.1, -0.05) is 30.3 Å². The molecule has 4 rings (SSSR count). The van der Waals surface area contributed by atoms with Crippen LogP contribution in [-0.2, 0) is 4.74 Å². The first-order valence-electron chi connectivity index (χ1n) is 8.82. The van der Waals surface area contributed by atoms with Crippen molar-refractivity contribution < 1.29 is 22.6 Å². The molecule has 2 aromatic carbocycles. The number of anilines is 1. The van der Waals surface area contributed by atoms with Crippen molar-refractivity contribution in [1.29, 1.82) is 0 Å². The molecule has 0 fully saturated rings. The van der Waals surface area contributed by atoms with E-state index in [2.05, 4.69) is 19.8 Å². The van der Waals surface area contributed by atoms with Gasteiger partial charge >= 0.3 is 6.36 Å². The minimum atomic E-state index is -4.79. The number of nitrogens with zero attached hydrogens (tertiary/aromatic N) is 4. The maximum Gasteiger partial charge on any atom is 0.573 e. The molecule has 1 atom stereocenters. The first kappa shape index (κ1) is 19.5. The molecule has 0 bridgehead atoms. The monoisotopic (exact) mass is 415 g/mol. The smallest absolute Gasteiger partial charge is 0.444 e. The van der Waals surface area contributed by atoms with Crippen LogP contribution in [-0.4, -0.2) is 34.3 Å². The lowest BCUT2D eigenvalue weighted by molar-refractivity contribution is -0.274. The molecule has 2 heterocycles. The molecule has 0 aliphatic carbocycles. The average Bonchev–Trinajstić information content (AvgIpc) is 3.09. The molecule has 30 heavy (non-hydrogen) atoms. The highest BCUT2D eigenvalue weighted by molar-refractivity contribution is 5.94. The first-order chi connectivity index (χ1) is 14.3. The summed E-state index contributed by atoms with van der Waals surface area (Å²) in [5, 5.41) is 5.93. The van der Waals surface area contributed by atoms with Crippen molar-refractivity contribution in [2.24, 2.45) is 5.10 Å². The van der Waals surface area contributed by atoms with E-state index in [0.29, 0.717) is 22.8 Å². The van der Waals surface area contributed by atoms with Crippen LogP contribution in [0.3, 0.4) is 0 Å². The summed E-state index contributed by atoms with van der Waals surface area (Å²) in [5.74, 6) is 0.169. The summed E-state index contributed by atoms with van der Waals surface area (Å²) in [6.45, 7) is 0. The second-order valence-corrected chi connectivity index (χ2v) is 6.42. The van der Waals surface area contributed by atoms with E-state index in [4.69, 9.17) is 10.5 Å². The van der Waals surface area contributed by atoms with Gasteiger partial charge in [0.05, 0.1) is 11.9 Å². The Morgan fingerprint density at radius 3 is 2.53 bits per heavy atom. The van der Waals surface area contributed by atoms with Crippen molar-refractivity contribution in [2.45, 2.75) is 12.6 Å². The molecule has 0 spiro atoms. The van der Waals surface area contributed by atoms with E-state index in [9.17, 15) is 13.2 Å². The minimum Gasteiger partial charge on any atom is -0.444 e. The van der Waals surface area contributed by atoms with E-state index < -0.39 is 12.6 Å². The third-order valence-electron chi connectivity index (χ3n) is 4.26. The molecule has 2 N–H and O–H groups in total. The van der Waals surface area contributed by atoms with Crippen LogP contribution in [0.2, 0.25) is 0 Å². The number of aromatic nitrogens is 2. The molecule has 1 aliphatic heterocycles. The van der Waals surface area contributed by atoms with Crippen LogP contribution in [0.4, 0.5) is 19.0 Å². The zero-order valence-electron chi connectivity index (χ0n) is 15.7. The van der Waals surface area contributed by atoms with E-state index in [1.165, 1.54) is 24.4 Å². The lowest BCUT2D eigenvalue weighted by atomic mass is 10.1. The normalized spacial score (nSPS) is 16.2. The molecule has 1 aliphatic rings. The Morgan fingerprint density at radius 1 is 1.07 bits per heavy atom. The summed E-state index contributed by atoms with van der Waals surface area (Å²) in [6.07, 6.45) is -4.15. The van der Waals surface area contributed by atoms with Crippen LogP contribution in [0, 0.1) is 0 Å². The van der Waals surface area contributed by atoms with Gasteiger partial charge in [-0.05, 0) is 24.3 Å². The van der Waals surface area contributed by atoms with Gasteiger partial charge in [0, 0.05) is 18.2 Å². The van der Waals surface area contributed by atoms with Crippen molar-refractivity contribution in [1.82, 2.24) is 15.0 Å². The van der Waals surface area contributed by atoms with Gasteiger partial charge in [-0.2, -0.15) is 0 Å². The highest BCUT2D eigenvalue weighted by Gasteiger charge is 2.32. The van der Waals surface area contributed by atoms with Gasteiger partial charge in [0.15, 0.2) is 5.82 Å². The van der Waals surface area contributed by atoms with E-state index in [1.807, 2.05) is 30.3 Å². The Kier molecular flexibility index (Phi) is 4.90. The van der Waals surface area contributed by atoms with Crippen molar-refractivity contribution in [3.63, 3.8) is 0 Å². The van der Waals surface area contributed by atoms with Gasteiger partial charge in [-0.25, -0.2) is 9.97 Å². The maximum absolute atomic E-state index is 12.5. The number of halogens is 3. The highest BCUT2D eigenvalue weighted by atomic mass is 19.4. The van der Waals surface area contributed by atoms with Gasteiger partial charge in [0.2, 0.25) is 12.1 Å². The first-order valence-corrected chi connectivity index (χ1v) is 8.82. The second kappa shape index (κ2) is 7.54. The molecule has 3 aromatic rings. The molecule has 0 saturated heterocycles. The summed E-state index contributed by atoms with van der Waals surface area (Å²) in [5.41, 5.74) is 7.79. The quantitative estimate of drug-likeness (QED) is 0.695. The third-order valence-corrected chi connectivity index (χ3v) is 4.26. The van der Waals surface area contributed by atoms with Crippen LogP contribution in [0.25, 0.3) is 11.3 Å². The van der Waals surface area contributed by atoms with Crippen LogP contribution in [0.1, 0.15) is 17.5 Å². The molecule has 7 nitrogen and oxygen atoms in total. The lowest BCUT2D eigenvalue weighted by Gasteiger charge is -2.19. The molecular formula is C20H16F3N5O2. The fraction of sp³-hybridized carbons (Fsp3) is 0.150. The van der Waals surface area contributed by atoms with Crippen LogP contribution in [0.5, 0.6) is 5.75 Å². The molecule has 10 heteroatoms. The number of alkyl halides is 3. The molecule has 0 radical (unpaired) electrons. The van der Waals surface area contributed by atoms with Crippen molar-refractivity contribution in [2.75, 3.05) is 12.8 Å². The largest absolute Gasteiger partial charge is 0.573 e. The lowest BCUT2D eigenvalue weighted by Crippen LogP contribution is -2.20. The molecule has 154 valence electrons. The molecule has 1 unspecified atom stereocenters. The Hall–Kier alpha value is -3.82. The van der Waals surface area contributed by atoms with Crippen molar-refractivity contribution in [3.05, 3.63) is 72.1 Å². The van der Waals surface area contributed by atoms with E-state index in [0.717, 1.165) is 5.56 Å². The zero-order valence-corrected chi connectivity index (χ0v) is 15.7. The predicted octanol–water partition coefficient (Wildman–Crippen LogP) is 3.95. The van der Waals surface area contributed by atoms with E-state index in [-0.39, 0.29) is 11.6 Å². The summed E-state index contributed by atoms with van der Waals surface area (Å²) >= 11 is 0. The van der Waals surface area contributed by atoms with E-state index in [1.54, 1.807) is 18.1 Å². The summed E-state index contributed by atoms with van der Waals surface area (Å²) in [6, 6.07) is 14.8. The summed E-state index contributed by atoms with van der Waals surface area (Å²) in [4.78, 5) is 8.61. The topological polar surface area (TPSA) is 85.9 Å². The molecular weight excluding hydrogens is 399 g/mol. The summed E-state index contributed by atoms with van der Waals surface area (Å²) < 4.78 is 47.4. The summed E-state index contributed by atoms with van der Waals surface area (Å²) in [7, 11) is 1.70. The number of hydrazone groups is 1. The maximum atomic E-state index is 12.5. The fourth-order valence-electron chi connectivity index (χ4n) is 2.93. The SMILES string of the molecule is CN1N=C(c2ccccc2)OC1c1nc(-c2cccc(OC(F)(F)F)c2)cnc1N. The molecule has 1 aromatic heterocycles. The highest BCUT2D eigenvalue weighted by Crippen LogP contribution is 2.32. The van der Waals surface area contributed by atoms with Gasteiger partial charge < -0.3 is 15.2 Å². The van der Waals surface area contributed by atoms with Crippen LogP contribution in [0.15, 0.2) is 65.9 Å². The number of hydrogen-bond acceptors (Lipinski definition) is 7. The number of benzene rings is 2. The number of hydrogen-bond donors (Lipinski definition) is 1. The molecule has 0 saturated carbocycles. The minimum absolute atomic E-state index is 0.128. The Morgan fingerprint density at radius 2 is 1.80 bits per heavy atom. The Balaban J connectivity index is 1.63. The number of nitrogen functional groups attached to an aromatic ring is 1. The van der Waals surface area contributed by atoms with Crippen LogP contribution >= 0.6 is 0 Å². The van der Waals surface area contributed by atoms with Gasteiger partial charge in [-0.3, -0.25) is 5.01 Å². The van der Waals surface area contributed by atoms with Crippen molar-refractivity contribution >= 4 is 11.7 Å². The second-order valence-electron chi connectivity index (χ2n) is 6.42. The average molecular weight is 415 g/mol. The van der Waals surface area contributed by atoms with Gasteiger partial charge in [-0.15, -0.1) is 18.3 Å². The van der Waals surface area contributed by atoms with Crippen molar-refractivity contribution in [3.8, 4) is 17.0 Å². The number of rotatable bonds is 4. The molecule has 0 amide bonds.